The zero-order chi connectivity index (χ0) is 27.4. The van der Waals surface area contributed by atoms with Crippen LogP contribution in [0.15, 0.2) is 60.7 Å². The van der Waals surface area contributed by atoms with Gasteiger partial charge < -0.3 is 14.5 Å². The maximum atomic E-state index is 13.9. The van der Waals surface area contributed by atoms with E-state index in [9.17, 15) is 14.4 Å². The van der Waals surface area contributed by atoms with E-state index < -0.39 is 11.9 Å². The van der Waals surface area contributed by atoms with Gasteiger partial charge in [0, 0.05) is 25.7 Å². The summed E-state index contributed by atoms with van der Waals surface area (Å²) in [6, 6.07) is 19.3. The highest BCUT2D eigenvalue weighted by molar-refractivity contribution is 6.04. The van der Waals surface area contributed by atoms with Crippen LogP contribution in [0.1, 0.15) is 70.2 Å². The Morgan fingerprint density at radius 1 is 0.895 bits per heavy atom. The minimum absolute atomic E-state index is 0.00285. The Balaban J connectivity index is 1.57. The van der Waals surface area contributed by atoms with Crippen molar-refractivity contribution in [2.75, 3.05) is 19.6 Å². The number of piperazine rings is 1. The van der Waals surface area contributed by atoms with Gasteiger partial charge in [-0.2, -0.15) is 0 Å². The van der Waals surface area contributed by atoms with Gasteiger partial charge in [-0.25, -0.2) is 14.8 Å². The van der Waals surface area contributed by atoms with Gasteiger partial charge in [0.05, 0.1) is 17.7 Å². The first-order valence-electron chi connectivity index (χ1n) is 12.9. The van der Waals surface area contributed by atoms with Crippen LogP contribution in [0, 0.1) is 13.8 Å². The maximum absolute atomic E-state index is 13.9. The molecule has 1 aliphatic rings. The minimum atomic E-state index is -0.615. The van der Waals surface area contributed by atoms with E-state index in [0.717, 1.165) is 11.1 Å². The van der Waals surface area contributed by atoms with Crippen molar-refractivity contribution >= 4 is 17.8 Å². The quantitative estimate of drug-likeness (QED) is 0.459. The van der Waals surface area contributed by atoms with Crippen LogP contribution < -0.4 is 0 Å². The zero-order valence-corrected chi connectivity index (χ0v) is 22.5. The van der Waals surface area contributed by atoms with Crippen LogP contribution in [0.3, 0.4) is 0 Å². The number of aryl methyl sites for hydroxylation is 2. The van der Waals surface area contributed by atoms with Crippen LogP contribution in [0.2, 0.25) is 0 Å². The highest BCUT2D eigenvalue weighted by Crippen LogP contribution is 2.29. The Labute approximate surface area is 223 Å². The van der Waals surface area contributed by atoms with Crippen LogP contribution >= 0.6 is 0 Å². The third-order valence-electron chi connectivity index (χ3n) is 6.66. The van der Waals surface area contributed by atoms with Crippen molar-refractivity contribution in [1.82, 2.24) is 19.8 Å². The predicted molar refractivity (Wildman–Crippen MR) is 144 cm³/mol. The molecule has 2 heterocycles. The maximum Gasteiger partial charge on any atom is 0.342 e. The Kier molecular flexibility index (Phi) is 8.20. The van der Waals surface area contributed by atoms with Crippen molar-refractivity contribution in [3.63, 3.8) is 0 Å². The van der Waals surface area contributed by atoms with E-state index in [1.807, 2.05) is 72.5 Å². The van der Waals surface area contributed by atoms with E-state index in [4.69, 9.17) is 4.74 Å². The molecule has 2 amide bonds. The molecule has 1 saturated heterocycles. The largest absolute Gasteiger partial charge is 0.459 e. The minimum Gasteiger partial charge on any atom is -0.459 e. The number of amides is 2. The average Bonchev–Trinajstić information content (AvgIpc) is 2.88. The van der Waals surface area contributed by atoms with Crippen LogP contribution in [0.25, 0.3) is 0 Å². The number of carbonyl (C=O) groups excluding carboxylic acids is 3. The van der Waals surface area contributed by atoms with Gasteiger partial charge in [-0.05, 0) is 45.7 Å². The molecule has 4 rings (SSSR count). The van der Waals surface area contributed by atoms with E-state index in [1.54, 1.807) is 32.6 Å². The van der Waals surface area contributed by atoms with Gasteiger partial charge in [-0.3, -0.25) is 9.59 Å². The second-order valence-corrected chi connectivity index (χ2v) is 9.92. The van der Waals surface area contributed by atoms with E-state index >= 15 is 0 Å². The molecule has 38 heavy (non-hydrogen) atoms. The molecule has 0 aliphatic carbocycles. The van der Waals surface area contributed by atoms with Gasteiger partial charge in [0.1, 0.15) is 17.1 Å². The lowest BCUT2D eigenvalue weighted by Gasteiger charge is -2.41. The number of esters is 1. The van der Waals surface area contributed by atoms with Gasteiger partial charge in [0.2, 0.25) is 5.91 Å². The SMILES string of the molecule is Cc1nc(C)c(C(=O)OC(C)C)c(C(=O)N2CCN(C(=O)C(c3ccccc3)c3ccccc3)C(C)C2)n1. The molecule has 0 radical (unpaired) electrons. The second-order valence-electron chi connectivity index (χ2n) is 9.92. The molecule has 0 bridgehead atoms. The van der Waals surface area contributed by atoms with Gasteiger partial charge >= 0.3 is 5.97 Å². The number of rotatable bonds is 6. The monoisotopic (exact) mass is 514 g/mol. The van der Waals surface area contributed by atoms with Crippen molar-refractivity contribution < 1.29 is 19.1 Å². The highest BCUT2D eigenvalue weighted by Gasteiger charge is 2.36. The fourth-order valence-electron chi connectivity index (χ4n) is 4.94. The molecule has 198 valence electrons. The molecule has 1 fully saturated rings. The summed E-state index contributed by atoms with van der Waals surface area (Å²) in [6.45, 7) is 9.82. The summed E-state index contributed by atoms with van der Waals surface area (Å²) < 4.78 is 5.37. The molecule has 3 aromatic rings. The Bertz CT molecular complexity index is 1270. The molecule has 0 spiro atoms. The summed E-state index contributed by atoms with van der Waals surface area (Å²) in [4.78, 5) is 52.5. The number of nitrogens with zero attached hydrogens (tertiary/aromatic N) is 4. The lowest BCUT2D eigenvalue weighted by Crippen LogP contribution is -2.56. The van der Waals surface area contributed by atoms with Crippen molar-refractivity contribution in [3.05, 3.63) is 94.6 Å². The molecule has 1 aliphatic heterocycles. The summed E-state index contributed by atoms with van der Waals surface area (Å²) in [5.74, 6) is -1.02. The zero-order valence-electron chi connectivity index (χ0n) is 22.5. The van der Waals surface area contributed by atoms with Crippen LogP contribution in [-0.2, 0) is 9.53 Å². The van der Waals surface area contributed by atoms with Crippen LogP contribution in [-0.4, -0.2) is 69.3 Å². The van der Waals surface area contributed by atoms with Crippen molar-refractivity contribution in [2.45, 2.75) is 52.7 Å². The number of ether oxygens (including phenoxy) is 1. The van der Waals surface area contributed by atoms with Crippen molar-refractivity contribution in [2.24, 2.45) is 0 Å². The summed E-state index contributed by atoms with van der Waals surface area (Å²) in [6.07, 6.45) is -0.345. The van der Waals surface area contributed by atoms with E-state index in [2.05, 4.69) is 9.97 Å². The number of aromatic nitrogens is 2. The number of hydrogen-bond acceptors (Lipinski definition) is 6. The van der Waals surface area contributed by atoms with Gasteiger partial charge in [-0.1, -0.05) is 60.7 Å². The fraction of sp³-hybridized carbons (Fsp3) is 0.367. The Hall–Kier alpha value is -4.07. The molecule has 0 N–H and O–H groups in total. The first-order chi connectivity index (χ1) is 18.2. The van der Waals surface area contributed by atoms with E-state index in [1.165, 1.54) is 0 Å². The molecule has 0 saturated carbocycles. The molecular weight excluding hydrogens is 480 g/mol. The molecular formula is C30H34N4O4. The summed E-state index contributed by atoms with van der Waals surface area (Å²) >= 11 is 0. The number of hydrogen-bond donors (Lipinski definition) is 0. The van der Waals surface area contributed by atoms with Gasteiger partial charge in [-0.15, -0.1) is 0 Å². The van der Waals surface area contributed by atoms with Crippen molar-refractivity contribution in [3.8, 4) is 0 Å². The average molecular weight is 515 g/mol. The number of carbonyl (C=O) groups is 3. The fourth-order valence-corrected chi connectivity index (χ4v) is 4.94. The molecule has 1 aromatic heterocycles. The van der Waals surface area contributed by atoms with E-state index in [-0.39, 0.29) is 35.2 Å². The second kappa shape index (κ2) is 11.5. The lowest BCUT2D eigenvalue weighted by atomic mass is 9.89. The van der Waals surface area contributed by atoms with Gasteiger partial charge in [0.25, 0.3) is 5.91 Å². The predicted octanol–water partition coefficient (Wildman–Crippen LogP) is 4.16. The first-order valence-corrected chi connectivity index (χ1v) is 12.9. The topological polar surface area (TPSA) is 92.7 Å². The van der Waals surface area contributed by atoms with Crippen LogP contribution in [0.4, 0.5) is 0 Å². The Morgan fingerprint density at radius 2 is 1.47 bits per heavy atom. The number of benzene rings is 2. The Morgan fingerprint density at radius 3 is 2.00 bits per heavy atom. The smallest absolute Gasteiger partial charge is 0.342 e. The van der Waals surface area contributed by atoms with Crippen molar-refractivity contribution in [1.29, 1.82) is 0 Å². The van der Waals surface area contributed by atoms with E-state index in [0.29, 0.717) is 31.2 Å². The molecule has 8 nitrogen and oxygen atoms in total. The molecule has 2 aromatic carbocycles. The highest BCUT2D eigenvalue weighted by atomic mass is 16.5. The lowest BCUT2D eigenvalue weighted by molar-refractivity contribution is -0.136. The molecule has 1 atom stereocenters. The first kappa shape index (κ1) is 27.0. The summed E-state index contributed by atoms with van der Waals surface area (Å²) in [5, 5.41) is 0. The molecule has 1 unspecified atom stereocenters. The van der Waals surface area contributed by atoms with Crippen LogP contribution in [0.5, 0.6) is 0 Å². The summed E-state index contributed by atoms with van der Waals surface area (Å²) in [5.41, 5.74) is 2.39. The molecule has 8 heteroatoms. The normalized spacial score (nSPS) is 15.6. The standard InChI is InChI=1S/C30H34N4O4/c1-19(2)38-30(37)25-21(4)31-22(5)32-27(25)29(36)33-16-17-34(20(3)18-33)28(35)26(23-12-8-6-9-13-23)24-14-10-7-11-15-24/h6-15,19-20,26H,16-18H2,1-5H3. The third kappa shape index (κ3) is 5.74. The third-order valence-corrected chi connectivity index (χ3v) is 6.66. The summed E-state index contributed by atoms with van der Waals surface area (Å²) in [7, 11) is 0. The van der Waals surface area contributed by atoms with Gasteiger partial charge in [0.15, 0.2) is 0 Å².